The summed E-state index contributed by atoms with van der Waals surface area (Å²) in [6.07, 6.45) is 0.868. The van der Waals surface area contributed by atoms with E-state index in [1.807, 2.05) is 31.2 Å². The lowest BCUT2D eigenvalue weighted by Crippen LogP contribution is -2.42. The third kappa shape index (κ3) is 3.48. The fraction of sp³-hybridized carbons (Fsp3) is 0.318. The van der Waals surface area contributed by atoms with Crippen molar-refractivity contribution in [2.24, 2.45) is 0 Å². The molecule has 0 saturated heterocycles. The van der Waals surface area contributed by atoms with Gasteiger partial charge >= 0.3 is 0 Å². The second kappa shape index (κ2) is 7.18. The number of fused-ring (bicyclic) bond motifs is 3. The Hall–Kier alpha value is -2.63. The molecule has 0 bridgehead atoms. The molecule has 3 aromatic rings. The highest BCUT2D eigenvalue weighted by Crippen LogP contribution is 2.34. The predicted octanol–water partition coefficient (Wildman–Crippen LogP) is 3.31. The Kier molecular flexibility index (Phi) is 4.72. The number of aryl methyl sites for hydroxylation is 2. The largest absolute Gasteiger partial charge is 0.394 e. The van der Waals surface area contributed by atoms with E-state index in [2.05, 4.69) is 40.3 Å². The number of hydrogen-bond acceptors (Lipinski definition) is 3. The van der Waals surface area contributed by atoms with E-state index in [-0.39, 0.29) is 25.1 Å². The first-order chi connectivity index (χ1) is 13.0. The smallest absolute Gasteiger partial charge is 0.238 e. The number of hydrogen-bond donors (Lipinski definition) is 3. The highest BCUT2D eigenvalue weighted by Gasteiger charge is 2.31. The average Bonchev–Trinajstić information content (AvgIpc) is 2.99. The van der Waals surface area contributed by atoms with Crippen LogP contribution in [0.1, 0.15) is 28.4 Å². The lowest BCUT2D eigenvalue weighted by Gasteiger charge is -2.34. The van der Waals surface area contributed by atoms with Crippen molar-refractivity contribution in [2.45, 2.75) is 26.3 Å². The summed E-state index contributed by atoms with van der Waals surface area (Å²) in [4.78, 5) is 18.1. The number of amides is 1. The molecule has 1 aromatic heterocycles. The van der Waals surface area contributed by atoms with Crippen molar-refractivity contribution in [3.05, 3.63) is 64.8 Å². The number of carbonyl (C=O) groups is 1. The molecule has 1 amide bonds. The molecule has 0 aliphatic carbocycles. The van der Waals surface area contributed by atoms with Crippen LogP contribution in [0.4, 0.5) is 5.69 Å². The van der Waals surface area contributed by atoms with E-state index in [1.165, 1.54) is 16.5 Å². The van der Waals surface area contributed by atoms with Crippen LogP contribution in [0.5, 0.6) is 0 Å². The molecule has 3 N–H and O–H groups in total. The van der Waals surface area contributed by atoms with Crippen molar-refractivity contribution in [2.75, 3.05) is 25.0 Å². The van der Waals surface area contributed by atoms with Gasteiger partial charge in [0.2, 0.25) is 5.91 Å². The maximum Gasteiger partial charge on any atom is 0.238 e. The fourth-order valence-corrected chi connectivity index (χ4v) is 4.03. The quantitative estimate of drug-likeness (QED) is 0.666. The monoisotopic (exact) mass is 363 g/mol. The standard InChI is InChI=1S/C22H25N3O2/c1-14-4-3-5-16(10-14)23-21(27)12-25-9-8-17-18-11-15(2)6-7-19(18)24-22(17)20(25)13-26/h3-7,10-11,20,24,26H,8-9,12-13H2,1-2H3,(H,23,27). The number of nitrogens with zero attached hydrogens (tertiary/aromatic N) is 1. The predicted molar refractivity (Wildman–Crippen MR) is 108 cm³/mol. The van der Waals surface area contributed by atoms with E-state index >= 15 is 0 Å². The minimum Gasteiger partial charge on any atom is -0.394 e. The summed E-state index contributed by atoms with van der Waals surface area (Å²) in [7, 11) is 0. The van der Waals surface area contributed by atoms with Crippen molar-refractivity contribution in [1.82, 2.24) is 9.88 Å². The number of aromatic nitrogens is 1. The first-order valence-corrected chi connectivity index (χ1v) is 9.37. The number of H-pyrrole nitrogens is 1. The molecule has 140 valence electrons. The molecular weight excluding hydrogens is 338 g/mol. The zero-order valence-corrected chi connectivity index (χ0v) is 15.7. The summed E-state index contributed by atoms with van der Waals surface area (Å²) in [5.74, 6) is -0.0607. The maximum atomic E-state index is 12.5. The number of aromatic amines is 1. The lowest BCUT2D eigenvalue weighted by molar-refractivity contribution is -0.118. The van der Waals surface area contributed by atoms with Crippen LogP contribution in [-0.4, -0.2) is 40.6 Å². The Morgan fingerprint density at radius 2 is 2.04 bits per heavy atom. The Bertz CT molecular complexity index is 992. The second-order valence-corrected chi connectivity index (χ2v) is 7.40. The van der Waals surface area contributed by atoms with E-state index in [0.29, 0.717) is 0 Å². The topological polar surface area (TPSA) is 68.4 Å². The third-order valence-electron chi connectivity index (χ3n) is 5.34. The molecule has 0 fully saturated rings. The van der Waals surface area contributed by atoms with Gasteiger partial charge in [-0.25, -0.2) is 0 Å². The van der Waals surface area contributed by atoms with Crippen LogP contribution in [0, 0.1) is 13.8 Å². The molecule has 5 nitrogen and oxygen atoms in total. The van der Waals surface area contributed by atoms with Gasteiger partial charge < -0.3 is 15.4 Å². The van der Waals surface area contributed by atoms with Crippen LogP contribution in [0.15, 0.2) is 42.5 Å². The van der Waals surface area contributed by atoms with Crippen LogP contribution in [0.2, 0.25) is 0 Å². The Labute approximate surface area is 159 Å². The van der Waals surface area contributed by atoms with Gasteiger partial charge in [-0.05, 0) is 55.7 Å². The SMILES string of the molecule is Cc1cccc(NC(=O)CN2CCc3c([nH]c4ccc(C)cc34)C2CO)c1. The van der Waals surface area contributed by atoms with Crippen LogP contribution in [0.25, 0.3) is 10.9 Å². The zero-order valence-electron chi connectivity index (χ0n) is 15.7. The van der Waals surface area contributed by atoms with Gasteiger partial charge in [-0.3, -0.25) is 9.69 Å². The number of benzene rings is 2. The molecule has 4 rings (SSSR count). The van der Waals surface area contributed by atoms with E-state index in [0.717, 1.165) is 35.4 Å². The molecule has 0 saturated carbocycles. The summed E-state index contributed by atoms with van der Waals surface area (Å²) in [5, 5.41) is 14.2. The Morgan fingerprint density at radius 1 is 1.22 bits per heavy atom. The van der Waals surface area contributed by atoms with Gasteiger partial charge in [0.15, 0.2) is 0 Å². The molecular formula is C22H25N3O2. The minimum absolute atomic E-state index is 0.0173. The first-order valence-electron chi connectivity index (χ1n) is 9.37. The van der Waals surface area contributed by atoms with Crippen molar-refractivity contribution in [3.63, 3.8) is 0 Å². The van der Waals surface area contributed by atoms with Gasteiger partial charge in [0.1, 0.15) is 0 Å². The number of rotatable bonds is 4. The summed E-state index contributed by atoms with van der Waals surface area (Å²) in [6.45, 7) is 5.08. The number of carbonyl (C=O) groups excluding carboxylic acids is 1. The molecule has 5 heteroatoms. The number of aliphatic hydroxyl groups excluding tert-OH is 1. The zero-order chi connectivity index (χ0) is 19.0. The van der Waals surface area contributed by atoms with Gasteiger partial charge in [-0.15, -0.1) is 0 Å². The molecule has 1 aliphatic heterocycles. The van der Waals surface area contributed by atoms with Crippen LogP contribution < -0.4 is 5.32 Å². The Balaban J connectivity index is 1.54. The number of nitrogens with one attached hydrogen (secondary N) is 2. The summed E-state index contributed by atoms with van der Waals surface area (Å²) >= 11 is 0. The van der Waals surface area contributed by atoms with Gasteiger partial charge in [0, 0.05) is 28.8 Å². The second-order valence-electron chi connectivity index (χ2n) is 7.40. The fourth-order valence-electron chi connectivity index (χ4n) is 4.03. The minimum atomic E-state index is -0.190. The van der Waals surface area contributed by atoms with Crippen molar-refractivity contribution in [3.8, 4) is 0 Å². The van der Waals surface area contributed by atoms with E-state index < -0.39 is 0 Å². The summed E-state index contributed by atoms with van der Waals surface area (Å²) in [6, 6.07) is 14.0. The van der Waals surface area contributed by atoms with Crippen LogP contribution >= 0.6 is 0 Å². The maximum absolute atomic E-state index is 12.5. The van der Waals surface area contributed by atoms with Gasteiger partial charge in [0.05, 0.1) is 19.2 Å². The van der Waals surface area contributed by atoms with Crippen LogP contribution in [-0.2, 0) is 11.2 Å². The van der Waals surface area contributed by atoms with Crippen molar-refractivity contribution < 1.29 is 9.90 Å². The van der Waals surface area contributed by atoms with Crippen LogP contribution in [0.3, 0.4) is 0 Å². The highest BCUT2D eigenvalue weighted by molar-refractivity contribution is 5.92. The summed E-state index contributed by atoms with van der Waals surface area (Å²) < 4.78 is 0. The first kappa shape index (κ1) is 17.8. The third-order valence-corrected chi connectivity index (χ3v) is 5.34. The molecule has 1 atom stereocenters. The highest BCUT2D eigenvalue weighted by atomic mass is 16.3. The van der Waals surface area contributed by atoms with Gasteiger partial charge in [-0.1, -0.05) is 23.8 Å². The summed E-state index contributed by atoms with van der Waals surface area (Å²) in [5.41, 5.74) is 6.53. The molecule has 2 aromatic carbocycles. The lowest BCUT2D eigenvalue weighted by atomic mass is 9.97. The number of aliphatic hydroxyl groups is 1. The van der Waals surface area contributed by atoms with Gasteiger partial charge in [-0.2, -0.15) is 0 Å². The number of anilines is 1. The molecule has 2 heterocycles. The Morgan fingerprint density at radius 3 is 2.81 bits per heavy atom. The average molecular weight is 363 g/mol. The molecule has 27 heavy (non-hydrogen) atoms. The van der Waals surface area contributed by atoms with E-state index in [4.69, 9.17) is 0 Å². The molecule has 0 spiro atoms. The normalized spacial score (nSPS) is 17.1. The molecule has 1 aliphatic rings. The molecule has 1 unspecified atom stereocenters. The molecule has 0 radical (unpaired) electrons. The van der Waals surface area contributed by atoms with Crippen molar-refractivity contribution in [1.29, 1.82) is 0 Å². The van der Waals surface area contributed by atoms with Gasteiger partial charge in [0.25, 0.3) is 0 Å². The van der Waals surface area contributed by atoms with Crippen molar-refractivity contribution >= 4 is 22.5 Å². The van der Waals surface area contributed by atoms with E-state index in [1.54, 1.807) is 0 Å². The van der Waals surface area contributed by atoms with E-state index in [9.17, 15) is 9.90 Å².